The van der Waals surface area contributed by atoms with E-state index in [2.05, 4.69) is 35.8 Å². The fourth-order valence-electron chi connectivity index (χ4n) is 2.08. The zero-order valence-electron chi connectivity index (χ0n) is 11.0. The summed E-state index contributed by atoms with van der Waals surface area (Å²) in [5.74, 6) is 3.50. The van der Waals surface area contributed by atoms with Crippen LogP contribution in [0, 0.1) is 5.92 Å². The summed E-state index contributed by atoms with van der Waals surface area (Å²) in [5, 5.41) is 0. The number of hydrogen-bond donors (Lipinski definition) is 1. The lowest BCUT2D eigenvalue weighted by molar-refractivity contribution is 0.321. The average Bonchev–Trinajstić information content (AvgIpc) is 2.22. The van der Waals surface area contributed by atoms with Gasteiger partial charge in [-0.25, -0.2) is 9.97 Å². The number of hydrogen-bond acceptors (Lipinski definition) is 4. The number of rotatable bonds is 4. The van der Waals surface area contributed by atoms with Crippen LogP contribution in [0.4, 0.5) is 11.6 Å². The van der Waals surface area contributed by atoms with Crippen molar-refractivity contribution in [3.05, 3.63) is 11.9 Å². The molecule has 1 aromatic rings. The van der Waals surface area contributed by atoms with E-state index >= 15 is 0 Å². The molecule has 0 saturated heterocycles. The summed E-state index contributed by atoms with van der Waals surface area (Å²) in [6.45, 7) is 5.25. The predicted octanol–water partition coefficient (Wildman–Crippen LogP) is 2.42. The van der Waals surface area contributed by atoms with Gasteiger partial charge in [0.2, 0.25) is 0 Å². The third-order valence-corrected chi connectivity index (χ3v) is 3.41. The molecule has 1 aliphatic rings. The molecule has 0 amide bonds. The molecule has 2 rings (SSSR count). The van der Waals surface area contributed by atoms with Crippen LogP contribution in [0.1, 0.15) is 44.9 Å². The Morgan fingerprint density at radius 1 is 1.41 bits per heavy atom. The molecule has 1 heterocycles. The molecule has 17 heavy (non-hydrogen) atoms. The highest BCUT2D eigenvalue weighted by Gasteiger charge is 2.20. The topological polar surface area (TPSA) is 55.0 Å². The number of nitrogens with zero attached hydrogens (tertiary/aromatic N) is 3. The molecule has 4 heteroatoms. The molecule has 1 saturated carbocycles. The van der Waals surface area contributed by atoms with E-state index in [4.69, 9.17) is 5.73 Å². The quantitative estimate of drug-likeness (QED) is 0.869. The van der Waals surface area contributed by atoms with Gasteiger partial charge in [0.15, 0.2) is 0 Å². The monoisotopic (exact) mass is 234 g/mol. The highest BCUT2D eigenvalue weighted by Crippen LogP contribution is 2.28. The van der Waals surface area contributed by atoms with Crippen molar-refractivity contribution in [2.75, 3.05) is 24.2 Å². The van der Waals surface area contributed by atoms with Crippen LogP contribution in [-0.2, 0) is 0 Å². The Kier molecular flexibility index (Phi) is 3.50. The van der Waals surface area contributed by atoms with Gasteiger partial charge in [-0.3, -0.25) is 0 Å². The molecular formula is C13H22N4. The first-order valence-corrected chi connectivity index (χ1v) is 6.42. The first kappa shape index (κ1) is 12.1. The van der Waals surface area contributed by atoms with Gasteiger partial charge < -0.3 is 10.6 Å². The molecule has 2 N–H and O–H groups in total. The highest BCUT2D eigenvalue weighted by atomic mass is 15.2. The molecular weight excluding hydrogens is 212 g/mol. The lowest BCUT2D eigenvalue weighted by Crippen LogP contribution is -2.30. The van der Waals surface area contributed by atoms with Crippen molar-refractivity contribution in [1.29, 1.82) is 0 Å². The van der Waals surface area contributed by atoms with E-state index in [0.29, 0.717) is 11.7 Å². The van der Waals surface area contributed by atoms with E-state index < -0.39 is 0 Å². The summed E-state index contributed by atoms with van der Waals surface area (Å²) in [5.41, 5.74) is 5.83. The molecule has 1 aliphatic carbocycles. The van der Waals surface area contributed by atoms with Crippen LogP contribution in [0.25, 0.3) is 0 Å². The summed E-state index contributed by atoms with van der Waals surface area (Å²) in [6.07, 6.45) is 4.07. The lowest BCUT2D eigenvalue weighted by atomic mass is 9.85. The van der Waals surface area contributed by atoms with Gasteiger partial charge in [0.05, 0.1) is 0 Å². The molecule has 0 aromatic carbocycles. The summed E-state index contributed by atoms with van der Waals surface area (Å²) in [6, 6.07) is 1.87. The van der Waals surface area contributed by atoms with Gasteiger partial charge >= 0.3 is 0 Å². The molecule has 94 valence electrons. The predicted molar refractivity (Wildman–Crippen MR) is 71.1 cm³/mol. The van der Waals surface area contributed by atoms with Crippen molar-refractivity contribution in [3.63, 3.8) is 0 Å². The SMILES string of the molecule is CC(C)c1nc(N)cc(N(C)CC2CCC2)n1. The molecule has 1 aromatic heterocycles. The van der Waals surface area contributed by atoms with Crippen LogP contribution in [0.3, 0.4) is 0 Å². The number of anilines is 2. The molecule has 0 unspecified atom stereocenters. The summed E-state index contributed by atoms with van der Waals surface area (Å²) in [4.78, 5) is 11.1. The molecule has 0 radical (unpaired) electrons. The Hall–Kier alpha value is -1.32. The number of aromatic nitrogens is 2. The van der Waals surface area contributed by atoms with Gasteiger partial charge in [-0.1, -0.05) is 20.3 Å². The average molecular weight is 234 g/mol. The van der Waals surface area contributed by atoms with E-state index in [-0.39, 0.29) is 0 Å². The minimum Gasteiger partial charge on any atom is -0.384 e. The van der Waals surface area contributed by atoms with E-state index in [1.807, 2.05) is 6.07 Å². The van der Waals surface area contributed by atoms with E-state index in [0.717, 1.165) is 24.1 Å². The van der Waals surface area contributed by atoms with Gasteiger partial charge in [0.25, 0.3) is 0 Å². The molecule has 1 fully saturated rings. The maximum Gasteiger partial charge on any atom is 0.135 e. The van der Waals surface area contributed by atoms with E-state index in [1.54, 1.807) is 0 Å². The molecule has 4 nitrogen and oxygen atoms in total. The number of nitrogen functional groups attached to an aromatic ring is 1. The smallest absolute Gasteiger partial charge is 0.135 e. The normalized spacial score (nSPS) is 16.0. The van der Waals surface area contributed by atoms with Gasteiger partial charge in [-0.05, 0) is 18.8 Å². The third kappa shape index (κ3) is 2.87. The second kappa shape index (κ2) is 4.90. The minimum atomic E-state index is 0.314. The highest BCUT2D eigenvalue weighted by molar-refractivity contribution is 5.46. The van der Waals surface area contributed by atoms with Gasteiger partial charge in [0, 0.05) is 25.6 Å². The van der Waals surface area contributed by atoms with Crippen LogP contribution in [0.15, 0.2) is 6.07 Å². The van der Waals surface area contributed by atoms with Crippen LogP contribution < -0.4 is 10.6 Å². The second-order valence-electron chi connectivity index (χ2n) is 5.34. The standard InChI is InChI=1S/C13H22N4/c1-9(2)13-15-11(14)7-12(16-13)17(3)8-10-5-4-6-10/h7,9-10H,4-6,8H2,1-3H3,(H2,14,15,16). The van der Waals surface area contributed by atoms with Crippen molar-refractivity contribution < 1.29 is 0 Å². The fraction of sp³-hybridized carbons (Fsp3) is 0.692. The van der Waals surface area contributed by atoms with Crippen molar-refractivity contribution >= 4 is 11.6 Å². The minimum absolute atomic E-state index is 0.314. The first-order valence-electron chi connectivity index (χ1n) is 6.42. The molecule has 0 aliphatic heterocycles. The summed E-state index contributed by atoms with van der Waals surface area (Å²) < 4.78 is 0. The van der Waals surface area contributed by atoms with E-state index in [1.165, 1.54) is 19.3 Å². The zero-order chi connectivity index (χ0) is 12.4. The Balaban J connectivity index is 2.12. The molecule has 0 bridgehead atoms. The maximum absolute atomic E-state index is 5.83. The fourth-order valence-corrected chi connectivity index (χ4v) is 2.08. The Labute approximate surface area is 103 Å². The Morgan fingerprint density at radius 3 is 2.65 bits per heavy atom. The van der Waals surface area contributed by atoms with Gasteiger partial charge in [0.1, 0.15) is 17.5 Å². The molecule has 0 atom stereocenters. The van der Waals surface area contributed by atoms with Gasteiger partial charge in [-0.2, -0.15) is 0 Å². The third-order valence-electron chi connectivity index (χ3n) is 3.41. The summed E-state index contributed by atoms with van der Waals surface area (Å²) in [7, 11) is 2.09. The van der Waals surface area contributed by atoms with Crippen molar-refractivity contribution in [1.82, 2.24) is 9.97 Å². The van der Waals surface area contributed by atoms with Crippen LogP contribution in [0.5, 0.6) is 0 Å². The maximum atomic E-state index is 5.83. The number of nitrogens with two attached hydrogens (primary N) is 1. The van der Waals surface area contributed by atoms with E-state index in [9.17, 15) is 0 Å². The zero-order valence-corrected chi connectivity index (χ0v) is 11.0. The Morgan fingerprint density at radius 2 is 2.12 bits per heavy atom. The largest absolute Gasteiger partial charge is 0.384 e. The van der Waals surface area contributed by atoms with Crippen molar-refractivity contribution in [2.24, 2.45) is 5.92 Å². The van der Waals surface area contributed by atoms with Crippen molar-refractivity contribution in [2.45, 2.75) is 39.0 Å². The first-order chi connectivity index (χ1) is 8.06. The van der Waals surface area contributed by atoms with Gasteiger partial charge in [-0.15, -0.1) is 0 Å². The van der Waals surface area contributed by atoms with Crippen LogP contribution in [0.2, 0.25) is 0 Å². The van der Waals surface area contributed by atoms with Crippen LogP contribution in [-0.4, -0.2) is 23.6 Å². The lowest BCUT2D eigenvalue weighted by Gasteiger charge is -2.30. The molecule has 0 spiro atoms. The second-order valence-corrected chi connectivity index (χ2v) is 5.34. The summed E-state index contributed by atoms with van der Waals surface area (Å²) >= 11 is 0. The van der Waals surface area contributed by atoms with Crippen LogP contribution >= 0.6 is 0 Å². The Bertz CT molecular complexity index is 385. The van der Waals surface area contributed by atoms with Crippen molar-refractivity contribution in [3.8, 4) is 0 Å².